The minimum Gasteiger partial charge on any atom is -0.507 e. The number of phenols is 1. The largest absolute Gasteiger partial charge is 0.507 e. The number of benzene rings is 1. The third-order valence-electron chi connectivity index (χ3n) is 2.76. The van der Waals surface area contributed by atoms with Gasteiger partial charge in [-0.3, -0.25) is 4.79 Å². The Morgan fingerprint density at radius 1 is 1.13 bits per heavy atom. The fraction of sp³-hybridized carbons (Fsp3) is 0.0714. The van der Waals surface area contributed by atoms with Crippen LogP contribution in [-0.4, -0.2) is 27.1 Å². The van der Waals surface area contributed by atoms with E-state index in [9.17, 15) is 27.9 Å². The monoisotopic (exact) mass is 326 g/mol. The van der Waals surface area contributed by atoms with Gasteiger partial charge in [-0.1, -0.05) is 6.07 Å². The molecule has 0 saturated heterocycles. The summed E-state index contributed by atoms with van der Waals surface area (Å²) in [6.45, 7) is 0. The van der Waals surface area contributed by atoms with Crippen LogP contribution in [0, 0.1) is 0 Å². The highest BCUT2D eigenvalue weighted by atomic mass is 19.4. The molecule has 0 bridgehead atoms. The van der Waals surface area contributed by atoms with E-state index in [4.69, 9.17) is 5.11 Å². The molecule has 0 radical (unpaired) electrons. The lowest BCUT2D eigenvalue weighted by Crippen LogP contribution is -2.17. The smallest absolute Gasteiger partial charge is 0.433 e. The van der Waals surface area contributed by atoms with Crippen molar-refractivity contribution in [3.63, 3.8) is 0 Å². The quantitative estimate of drug-likeness (QED) is 0.805. The zero-order chi connectivity index (χ0) is 17.2. The molecule has 120 valence electrons. The topological polar surface area (TPSA) is 99.5 Å². The molecular weight excluding hydrogens is 317 g/mol. The lowest BCUT2D eigenvalue weighted by Gasteiger charge is -2.09. The summed E-state index contributed by atoms with van der Waals surface area (Å²) in [5.74, 6) is -2.88. The fourth-order valence-corrected chi connectivity index (χ4v) is 1.70. The first-order chi connectivity index (χ1) is 10.7. The first-order valence-electron chi connectivity index (χ1n) is 6.10. The summed E-state index contributed by atoms with van der Waals surface area (Å²) in [5.41, 5.74) is -2.05. The van der Waals surface area contributed by atoms with Gasteiger partial charge in [-0.05, 0) is 24.3 Å². The van der Waals surface area contributed by atoms with Gasteiger partial charge in [0.05, 0.1) is 0 Å². The molecule has 0 fully saturated rings. The molecule has 2 rings (SSSR count). The highest BCUT2D eigenvalue weighted by Crippen LogP contribution is 2.27. The Bertz CT molecular complexity index is 775. The van der Waals surface area contributed by atoms with E-state index in [2.05, 4.69) is 10.3 Å². The van der Waals surface area contributed by atoms with Crippen LogP contribution in [0.1, 0.15) is 26.5 Å². The molecular formula is C14H9F3N2O4. The summed E-state index contributed by atoms with van der Waals surface area (Å²) in [5, 5.41) is 20.5. The third kappa shape index (κ3) is 3.76. The number of aromatic carboxylic acids is 1. The molecule has 0 aliphatic rings. The number of carbonyl (C=O) groups excluding carboxylic acids is 1. The second-order valence-electron chi connectivity index (χ2n) is 4.40. The van der Waals surface area contributed by atoms with E-state index in [1.807, 2.05) is 0 Å². The van der Waals surface area contributed by atoms with E-state index in [0.717, 1.165) is 30.3 Å². The van der Waals surface area contributed by atoms with Gasteiger partial charge in [0.2, 0.25) is 0 Å². The molecule has 1 heterocycles. The number of hydrogen-bond donors (Lipinski definition) is 3. The first kappa shape index (κ1) is 16.3. The van der Waals surface area contributed by atoms with E-state index in [1.54, 1.807) is 0 Å². The Hall–Kier alpha value is -3.10. The minimum absolute atomic E-state index is 0.0108. The van der Waals surface area contributed by atoms with Crippen molar-refractivity contribution in [2.75, 3.05) is 5.32 Å². The molecule has 2 aromatic rings. The summed E-state index contributed by atoms with van der Waals surface area (Å²) >= 11 is 0. The van der Waals surface area contributed by atoms with Gasteiger partial charge in [0, 0.05) is 11.8 Å². The summed E-state index contributed by atoms with van der Waals surface area (Å²) in [6, 6.07) is 6.06. The summed E-state index contributed by atoms with van der Waals surface area (Å²) in [6.07, 6.45) is -4.68. The second-order valence-corrected chi connectivity index (χ2v) is 4.40. The van der Waals surface area contributed by atoms with Crippen LogP contribution in [-0.2, 0) is 6.18 Å². The van der Waals surface area contributed by atoms with Crippen molar-refractivity contribution in [1.82, 2.24) is 4.98 Å². The number of aromatic hydroxyl groups is 1. The van der Waals surface area contributed by atoms with Gasteiger partial charge in [-0.2, -0.15) is 13.2 Å². The number of carboxylic acids is 1. The predicted octanol–water partition coefficient (Wildman–Crippen LogP) is 2.76. The van der Waals surface area contributed by atoms with E-state index in [1.165, 1.54) is 6.07 Å². The standard InChI is InChI=1S/C14H9F3N2O4/c15-14(16,17)11-3-1-2-9(19-11)12(21)18-7-4-5-8(13(22)23)10(20)6-7/h1-6,20H,(H,18,21)(H,22,23). The summed E-state index contributed by atoms with van der Waals surface area (Å²) in [4.78, 5) is 25.8. The van der Waals surface area contributed by atoms with Crippen LogP contribution in [0.5, 0.6) is 5.75 Å². The van der Waals surface area contributed by atoms with Crippen molar-refractivity contribution in [1.29, 1.82) is 0 Å². The number of rotatable bonds is 3. The van der Waals surface area contributed by atoms with Gasteiger partial charge in [-0.15, -0.1) is 0 Å². The van der Waals surface area contributed by atoms with E-state index >= 15 is 0 Å². The SMILES string of the molecule is O=C(Nc1ccc(C(=O)O)c(O)c1)c1cccc(C(F)(F)F)n1. The van der Waals surface area contributed by atoms with Crippen molar-refractivity contribution in [3.8, 4) is 5.75 Å². The fourth-order valence-electron chi connectivity index (χ4n) is 1.70. The van der Waals surface area contributed by atoms with Crippen LogP contribution in [0.3, 0.4) is 0 Å². The van der Waals surface area contributed by atoms with Gasteiger partial charge in [0.25, 0.3) is 5.91 Å². The number of hydrogen-bond acceptors (Lipinski definition) is 4. The number of nitrogens with zero attached hydrogens (tertiary/aromatic N) is 1. The average Bonchev–Trinajstić information content (AvgIpc) is 2.46. The molecule has 0 unspecified atom stereocenters. The molecule has 1 amide bonds. The number of halogens is 3. The van der Waals surface area contributed by atoms with Gasteiger partial charge in [0.15, 0.2) is 0 Å². The van der Waals surface area contributed by atoms with Crippen molar-refractivity contribution >= 4 is 17.6 Å². The number of nitrogens with one attached hydrogen (secondary N) is 1. The number of carbonyl (C=O) groups is 2. The highest BCUT2D eigenvalue weighted by molar-refractivity contribution is 6.03. The van der Waals surface area contributed by atoms with E-state index in [0.29, 0.717) is 0 Å². The molecule has 0 atom stereocenters. The Balaban J connectivity index is 2.23. The van der Waals surface area contributed by atoms with Crippen molar-refractivity contribution in [3.05, 3.63) is 53.3 Å². The minimum atomic E-state index is -4.68. The zero-order valence-electron chi connectivity index (χ0n) is 11.3. The van der Waals surface area contributed by atoms with E-state index in [-0.39, 0.29) is 11.3 Å². The van der Waals surface area contributed by atoms with Crippen LogP contribution >= 0.6 is 0 Å². The van der Waals surface area contributed by atoms with Crippen LogP contribution in [0.15, 0.2) is 36.4 Å². The third-order valence-corrected chi connectivity index (χ3v) is 2.76. The van der Waals surface area contributed by atoms with Crippen LogP contribution in [0.4, 0.5) is 18.9 Å². The Labute approximate surface area is 127 Å². The molecule has 9 heteroatoms. The summed E-state index contributed by atoms with van der Waals surface area (Å²) in [7, 11) is 0. The Morgan fingerprint density at radius 2 is 1.83 bits per heavy atom. The number of anilines is 1. The number of aromatic nitrogens is 1. The number of carboxylic acid groups (broad SMARTS) is 1. The zero-order valence-corrected chi connectivity index (χ0v) is 11.3. The molecule has 3 N–H and O–H groups in total. The molecule has 1 aromatic heterocycles. The summed E-state index contributed by atoms with van der Waals surface area (Å²) < 4.78 is 37.6. The van der Waals surface area contributed by atoms with Gasteiger partial charge >= 0.3 is 12.1 Å². The van der Waals surface area contributed by atoms with Crippen LogP contribution in [0.2, 0.25) is 0 Å². The first-order valence-corrected chi connectivity index (χ1v) is 6.10. The number of pyridine rings is 1. The maximum atomic E-state index is 12.5. The predicted molar refractivity (Wildman–Crippen MR) is 72.3 cm³/mol. The van der Waals surface area contributed by atoms with Gasteiger partial charge < -0.3 is 15.5 Å². The molecule has 0 aliphatic carbocycles. The maximum absolute atomic E-state index is 12.5. The molecule has 0 spiro atoms. The van der Waals surface area contributed by atoms with E-state index < -0.39 is 35.2 Å². The molecule has 1 aromatic carbocycles. The van der Waals surface area contributed by atoms with Crippen molar-refractivity contribution in [2.45, 2.75) is 6.18 Å². The molecule has 23 heavy (non-hydrogen) atoms. The molecule has 0 aliphatic heterocycles. The maximum Gasteiger partial charge on any atom is 0.433 e. The van der Waals surface area contributed by atoms with Crippen molar-refractivity contribution in [2.24, 2.45) is 0 Å². The lowest BCUT2D eigenvalue weighted by molar-refractivity contribution is -0.141. The number of amides is 1. The average molecular weight is 326 g/mol. The van der Waals surface area contributed by atoms with Crippen LogP contribution < -0.4 is 5.32 Å². The van der Waals surface area contributed by atoms with Gasteiger partial charge in [0.1, 0.15) is 22.7 Å². The Morgan fingerprint density at radius 3 is 2.39 bits per heavy atom. The van der Waals surface area contributed by atoms with Crippen LogP contribution in [0.25, 0.3) is 0 Å². The highest BCUT2D eigenvalue weighted by Gasteiger charge is 2.32. The van der Waals surface area contributed by atoms with Gasteiger partial charge in [-0.25, -0.2) is 9.78 Å². The van der Waals surface area contributed by atoms with Crippen molar-refractivity contribution < 1.29 is 33.0 Å². The molecule has 0 saturated carbocycles. The molecule has 6 nitrogen and oxygen atoms in total. The number of alkyl halides is 3. The normalized spacial score (nSPS) is 11.1. The lowest BCUT2D eigenvalue weighted by atomic mass is 10.2. The second kappa shape index (κ2) is 5.95. The Kier molecular flexibility index (Phi) is 4.21.